The highest BCUT2D eigenvalue weighted by Crippen LogP contribution is 2.28. The van der Waals surface area contributed by atoms with Gasteiger partial charge in [-0.3, -0.25) is 9.59 Å². The second-order valence-electron chi connectivity index (χ2n) is 4.02. The molecule has 0 atom stereocenters. The van der Waals surface area contributed by atoms with Crippen molar-refractivity contribution in [1.82, 2.24) is 10.4 Å². The van der Waals surface area contributed by atoms with Crippen molar-refractivity contribution < 1.29 is 9.59 Å². The maximum atomic E-state index is 11.6. The first-order valence-electron chi connectivity index (χ1n) is 5.88. The van der Waals surface area contributed by atoms with Crippen molar-refractivity contribution in [2.24, 2.45) is 5.10 Å². The fourth-order valence-electron chi connectivity index (χ4n) is 1.30. The second kappa shape index (κ2) is 6.62. The molecule has 1 aromatic heterocycles. The molecule has 0 saturated carbocycles. The predicted molar refractivity (Wildman–Crippen MR) is 82.3 cm³/mol. The molecule has 0 saturated heterocycles. The SMILES string of the molecule is CC(=O)/C(C)=N\NC(=O)CSc1nc2ccccc2s1. The third-order valence-corrected chi connectivity index (χ3v) is 4.64. The molecule has 0 bridgehead atoms. The van der Waals surface area contributed by atoms with Gasteiger partial charge < -0.3 is 0 Å². The van der Waals surface area contributed by atoms with Crippen LogP contribution in [0.2, 0.25) is 0 Å². The molecule has 1 aromatic carbocycles. The van der Waals surface area contributed by atoms with Crippen LogP contribution in [0.1, 0.15) is 13.8 Å². The van der Waals surface area contributed by atoms with Gasteiger partial charge in [0.05, 0.1) is 16.0 Å². The first-order chi connectivity index (χ1) is 9.56. The van der Waals surface area contributed by atoms with E-state index in [-0.39, 0.29) is 23.2 Å². The zero-order chi connectivity index (χ0) is 14.5. The van der Waals surface area contributed by atoms with Gasteiger partial charge in [0, 0.05) is 6.92 Å². The summed E-state index contributed by atoms with van der Waals surface area (Å²) in [7, 11) is 0. The number of hydrogen-bond donors (Lipinski definition) is 1. The van der Waals surface area contributed by atoms with Crippen LogP contribution in [0.3, 0.4) is 0 Å². The molecule has 0 aliphatic rings. The van der Waals surface area contributed by atoms with E-state index in [2.05, 4.69) is 15.5 Å². The number of hydrazone groups is 1. The summed E-state index contributed by atoms with van der Waals surface area (Å²) >= 11 is 2.91. The molecule has 0 unspecified atom stereocenters. The van der Waals surface area contributed by atoms with E-state index in [0.29, 0.717) is 0 Å². The molecular formula is C13H13N3O2S2. The standard InChI is InChI=1S/C13H13N3O2S2/c1-8(9(2)17)15-16-12(18)7-19-13-14-10-5-3-4-6-11(10)20-13/h3-6H,7H2,1-2H3,(H,16,18)/b15-8-. The lowest BCUT2D eigenvalue weighted by Crippen LogP contribution is -2.22. The van der Waals surface area contributed by atoms with Crippen LogP contribution in [-0.4, -0.2) is 28.1 Å². The molecule has 0 fully saturated rings. The van der Waals surface area contributed by atoms with Crippen molar-refractivity contribution in [3.05, 3.63) is 24.3 Å². The van der Waals surface area contributed by atoms with Crippen molar-refractivity contribution in [2.45, 2.75) is 18.2 Å². The highest BCUT2D eigenvalue weighted by molar-refractivity contribution is 8.01. The minimum Gasteiger partial charge on any atom is -0.293 e. The normalized spacial score (nSPS) is 11.6. The van der Waals surface area contributed by atoms with Gasteiger partial charge in [0.1, 0.15) is 5.71 Å². The molecule has 1 heterocycles. The summed E-state index contributed by atoms with van der Waals surface area (Å²) in [5.74, 6) is -0.201. The van der Waals surface area contributed by atoms with Crippen LogP contribution in [-0.2, 0) is 9.59 Å². The Bertz CT molecular complexity index is 646. The fraction of sp³-hybridized carbons (Fsp3) is 0.231. The number of thiazole rings is 1. The van der Waals surface area contributed by atoms with Crippen LogP contribution in [0, 0.1) is 0 Å². The molecule has 104 valence electrons. The lowest BCUT2D eigenvalue weighted by Gasteiger charge is -1.98. The first-order valence-corrected chi connectivity index (χ1v) is 7.69. The summed E-state index contributed by atoms with van der Waals surface area (Å²) in [5, 5.41) is 3.72. The maximum Gasteiger partial charge on any atom is 0.250 e. The minimum absolute atomic E-state index is 0.163. The average Bonchev–Trinajstić information content (AvgIpc) is 2.85. The molecule has 0 spiro atoms. The van der Waals surface area contributed by atoms with Crippen LogP contribution < -0.4 is 5.43 Å². The van der Waals surface area contributed by atoms with E-state index < -0.39 is 0 Å². The number of hydrogen-bond acceptors (Lipinski definition) is 6. The van der Waals surface area contributed by atoms with Gasteiger partial charge in [0.25, 0.3) is 5.91 Å². The first kappa shape index (κ1) is 14.7. The second-order valence-corrected chi connectivity index (χ2v) is 6.28. The Morgan fingerprint density at radius 1 is 1.35 bits per heavy atom. The van der Waals surface area contributed by atoms with Gasteiger partial charge in [-0.15, -0.1) is 11.3 Å². The van der Waals surface area contributed by atoms with Gasteiger partial charge in [-0.05, 0) is 19.1 Å². The highest BCUT2D eigenvalue weighted by Gasteiger charge is 2.07. The molecule has 0 radical (unpaired) electrons. The van der Waals surface area contributed by atoms with Crippen molar-refractivity contribution in [3.63, 3.8) is 0 Å². The van der Waals surface area contributed by atoms with Crippen molar-refractivity contribution >= 4 is 50.7 Å². The van der Waals surface area contributed by atoms with Crippen LogP contribution in [0.15, 0.2) is 33.7 Å². The number of nitrogens with zero attached hydrogens (tertiary/aromatic N) is 2. The number of aromatic nitrogens is 1. The van der Waals surface area contributed by atoms with Crippen LogP contribution in [0.25, 0.3) is 10.2 Å². The number of fused-ring (bicyclic) bond motifs is 1. The number of amides is 1. The van der Waals surface area contributed by atoms with Gasteiger partial charge in [-0.2, -0.15) is 5.10 Å². The lowest BCUT2D eigenvalue weighted by atomic mass is 10.3. The van der Waals surface area contributed by atoms with Crippen LogP contribution in [0.4, 0.5) is 0 Å². The van der Waals surface area contributed by atoms with Gasteiger partial charge >= 0.3 is 0 Å². The van der Waals surface area contributed by atoms with E-state index in [0.717, 1.165) is 14.6 Å². The monoisotopic (exact) mass is 307 g/mol. The number of thioether (sulfide) groups is 1. The fourth-order valence-corrected chi connectivity index (χ4v) is 3.16. The number of rotatable bonds is 5. The summed E-state index contributed by atoms with van der Waals surface area (Å²) in [6.07, 6.45) is 0. The summed E-state index contributed by atoms with van der Waals surface area (Å²) < 4.78 is 1.94. The van der Waals surface area contributed by atoms with E-state index >= 15 is 0 Å². The third-order valence-electron chi connectivity index (χ3n) is 2.46. The summed E-state index contributed by atoms with van der Waals surface area (Å²) in [6, 6.07) is 7.83. The molecule has 0 aliphatic carbocycles. The quantitative estimate of drug-likeness (QED) is 0.523. The summed E-state index contributed by atoms with van der Waals surface area (Å²) in [6.45, 7) is 2.96. The molecule has 2 aromatic rings. The Morgan fingerprint density at radius 3 is 2.80 bits per heavy atom. The topological polar surface area (TPSA) is 71.4 Å². The van der Waals surface area contributed by atoms with Gasteiger partial charge in [0.2, 0.25) is 0 Å². The van der Waals surface area contributed by atoms with Gasteiger partial charge in [0.15, 0.2) is 10.1 Å². The van der Waals surface area contributed by atoms with Gasteiger partial charge in [-0.25, -0.2) is 10.4 Å². The van der Waals surface area contributed by atoms with E-state index in [1.165, 1.54) is 18.7 Å². The Morgan fingerprint density at radius 2 is 2.10 bits per heavy atom. The Labute approximate surface area is 124 Å². The van der Waals surface area contributed by atoms with E-state index in [9.17, 15) is 9.59 Å². The number of benzene rings is 1. The van der Waals surface area contributed by atoms with Crippen molar-refractivity contribution in [2.75, 3.05) is 5.75 Å². The average molecular weight is 307 g/mol. The van der Waals surface area contributed by atoms with Crippen molar-refractivity contribution in [3.8, 4) is 0 Å². The third kappa shape index (κ3) is 3.88. The Kier molecular flexibility index (Phi) is 4.86. The zero-order valence-corrected chi connectivity index (χ0v) is 12.7. The number of nitrogens with one attached hydrogen (secondary N) is 1. The van der Waals surface area contributed by atoms with E-state index in [1.807, 2.05) is 24.3 Å². The van der Waals surface area contributed by atoms with E-state index in [1.54, 1.807) is 18.3 Å². The molecule has 2 rings (SSSR count). The van der Waals surface area contributed by atoms with Crippen LogP contribution >= 0.6 is 23.1 Å². The number of carbonyl (C=O) groups is 2. The number of ketones is 1. The highest BCUT2D eigenvalue weighted by atomic mass is 32.2. The van der Waals surface area contributed by atoms with Gasteiger partial charge in [-0.1, -0.05) is 23.9 Å². The molecule has 1 N–H and O–H groups in total. The Balaban J connectivity index is 1.90. The zero-order valence-electron chi connectivity index (χ0n) is 11.0. The van der Waals surface area contributed by atoms with Crippen LogP contribution in [0.5, 0.6) is 0 Å². The van der Waals surface area contributed by atoms with Crippen molar-refractivity contribution in [1.29, 1.82) is 0 Å². The lowest BCUT2D eigenvalue weighted by molar-refractivity contribution is -0.118. The Hall–Kier alpha value is -1.73. The summed E-state index contributed by atoms with van der Waals surface area (Å²) in [4.78, 5) is 26.9. The maximum absolute atomic E-state index is 11.6. The largest absolute Gasteiger partial charge is 0.293 e. The smallest absolute Gasteiger partial charge is 0.250 e. The van der Waals surface area contributed by atoms with E-state index in [4.69, 9.17) is 0 Å². The molecule has 0 aliphatic heterocycles. The molecule has 7 heteroatoms. The number of para-hydroxylation sites is 1. The molecule has 5 nitrogen and oxygen atoms in total. The molecule has 20 heavy (non-hydrogen) atoms. The summed E-state index contributed by atoms with van der Waals surface area (Å²) in [5.41, 5.74) is 3.57. The molecule has 1 amide bonds. The number of Topliss-reactive ketones (excluding diaryl/α,β-unsaturated/α-hetero) is 1. The number of carbonyl (C=O) groups excluding carboxylic acids is 2. The molecular weight excluding hydrogens is 294 g/mol. The minimum atomic E-state index is -0.255. The predicted octanol–water partition coefficient (Wildman–Crippen LogP) is 2.47.